The number of hydrogen-bond acceptors (Lipinski definition) is 4. The molecule has 2 rings (SSSR count). The Kier molecular flexibility index (Phi) is 7.83. The van der Waals surface area contributed by atoms with Crippen LogP contribution in [0.25, 0.3) is 0 Å². The third-order valence-electron chi connectivity index (χ3n) is 5.72. The van der Waals surface area contributed by atoms with E-state index >= 15 is 0 Å². The fraction of sp³-hybridized carbons (Fsp3) is 0.517. The molecule has 0 saturated heterocycles. The van der Waals surface area contributed by atoms with E-state index in [-0.39, 0.29) is 16.2 Å². The number of aromatic hydroxyl groups is 2. The first-order valence-electron chi connectivity index (χ1n) is 11.7. The van der Waals surface area contributed by atoms with E-state index in [0.717, 1.165) is 27.8 Å². The predicted octanol–water partition coefficient (Wildman–Crippen LogP) is 6.84. The van der Waals surface area contributed by atoms with E-state index in [1.54, 1.807) is 12.4 Å². The first-order valence-corrected chi connectivity index (χ1v) is 11.7. The van der Waals surface area contributed by atoms with Crippen LogP contribution in [0.4, 0.5) is 0 Å². The molecule has 0 fully saturated rings. The van der Waals surface area contributed by atoms with Crippen LogP contribution in [0, 0.1) is 6.92 Å². The summed E-state index contributed by atoms with van der Waals surface area (Å²) in [6.45, 7) is 22.1. The molecule has 0 spiro atoms. The van der Waals surface area contributed by atoms with E-state index < -0.39 is 0 Å². The van der Waals surface area contributed by atoms with Gasteiger partial charge in [-0.25, -0.2) is 0 Å². The molecule has 2 N–H and O–H groups in total. The molecule has 2 aromatic carbocycles. The quantitative estimate of drug-likeness (QED) is 0.387. The summed E-state index contributed by atoms with van der Waals surface area (Å²) in [7, 11) is 0. The van der Waals surface area contributed by atoms with Crippen molar-refractivity contribution in [3.8, 4) is 11.5 Å². The number of hydrogen-bond donors (Lipinski definition) is 2. The van der Waals surface area contributed by atoms with Gasteiger partial charge in [-0.05, 0) is 46.4 Å². The van der Waals surface area contributed by atoms with Gasteiger partial charge in [-0.2, -0.15) is 0 Å². The zero-order valence-corrected chi connectivity index (χ0v) is 22.2. The van der Waals surface area contributed by atoms with Crippen LogP contribution in [0.15, 0.2) is 34.3 Å². The van der Waals surface area contributed by atoms with Gasteiger partial charge in [0, 0.05) is 34.7 Å². The van der Waals surface area contributed by atoms with Crippen LogP contribution in [-0.2, 0) is 16.2 Å². The van der Waals surface area contributed by atoms with E-state index in [4.69, 9.17) is 0 Å². The van der Waals surface area contributed by atoms with Gasteiger partial charge in [0.15, 0.2) is 0 Å². The summed E-state index contributed by atoms with van der Waals surface area (Å²) >= 11 is 0. The lowest BCUT2D eigenvalue weighted by Crippen LogP contribution is -2.17. The SMILES string of the molecule is Cc1cc(C=NCCN=Cc2cc(C(C)(C)C)cc(C(C)(C)C)c2O)c(O)c(C(C)(C)C)c1. The normalized spacial score (nSPS) is 13.4. The first kappa shape index (κ1) is 26.6. The standard InChI is InChI=1S/C29H42N2O2/c1-19-13-20(25(32)23(14-19)28(5,6)7)17-30-11-12-31-18-21-15-22(27(2,3)4)16-24(26(21)33)29(8,9)10/h13-18,32-33H,11-12H2,1-10H3. The van der Waals surface area contributed by atoms with Crippen molar-refractivity contribution in [1.29, 1.82) is 0 Å². The lowest BCUT2D eigenvalue weighted by molar-refractivity contribution is 0.443. The van der Waals surface area contributed by atoms with Gasteiger partial charge in [-0.3, -0.25) is 9.98 Å². The second-order valence-electron chi connectivity index (χ2n) is 12.0. The van der Waals surface area contributed by atoms with E-state index in [0.29, 0.717) is 24.6 Å². The fourth-order valence-electron chi connectivity index (χ4n) is 3.68. The summed E-state index contributed by atoms with van der Waals surface area (Å²) in [6, 6.07) is 8.11. The summed E-state index contributed by atoms with van der Waals surface area (Å²) in [5, 5.41) is 21.5. The molecule has 0 atom stereocenters. The molecule has 2 aromatic rings. The molecule has 0 aliphatic heterocycles. The van der Waals surface area contributed by atoms with Crippen LogP contribution in [0.3, 0.4) is 0 Å². The fourth-order valence-corrected chi connectivity index (χ4v) is 3.68. The number of aryl methyl sites for hydroxylation is 1. The van der Waals surface area contributed by atoms with Crippen molar-refractivity contribution in [3.63, 3.8) is 0 Å². The van der Waals surface area contributed by atoms with Crippen LogP contribution in [0.2, 0.25) is 0 Å². The Balaban J connectivity index is 2.19. The zero-order valence-electron chi connectivity index (χ0n) is 22.2. The van der Waals surface area contributed by atoms with Crippen molar-refractivity contribution in [1.82, 2.24) is 0 Å². The maximum absolute atomic E-state index is 10.9. The van der Waals surface area contributed by atoms with Gasteiger partial charge in [-0.15, -0.1) is 0 Å². The largest absolute Gasteiger partial charge is 0.507 e. The zero-order chi connectivity index (χ0) is 25.2. The Hall–Kier alpha value is -2.62. The number of benzene rings is 2. The Morgan fingerprint density at radius 2 is 1.06 bits per heavy atom. The van der Waals surface area contributed by atoms with Gasteiger partial charge in [0.05, 0.1) is 13.1 Å². The molecule has 0 aliphatic rings. The number of phenolic OH excluding ortho intramolecular Hbond substituents is 2. The van der Waals surface area contributed by atoms with E-state index in [1.807, 2.05) is 25.1 Å². The van der Waals surface area contributed by atoms with Gasteiger partial charge in [-0.1, -0.05) is 74.4 Å². The van der Waals surface area contributed by atoms with Crippen molar-refractivity contribution >= 4 is 12.4 Å². The average molecular weight is 451 g/mol. The maximum Gasteiger partial charge on any atom is 0.128 e. The molecule has 0 amide bonds. The Labute approximate surface area is 200 Å². The van der Waals surface area contributed by atoms with Crippen LogP contribution in [0.5, 0.6) is 11.5 Å². The minimum Gasteiger partial charge on any atom is -0.507 e. The topological polar surface area (TPSA) is 65.2 Å². The molecule has 0 saturated carbocycles. The number of rotatable bonds is 5. The molecule has 0 bridgehead atoms. The van der Waals surface area contributed by atoms with Crippen LogP contribution < -0.4 is 0 Å². The van der Waals surface area contributed by atoms with Gasteiger partial charge in [0.25, 0.3) is 0 Å². The molecule has 0 aromatic heterocycles. The average Bonchev–Trinajstić information content (AvgIpc) is 2.65. The van der Waals surface area contributed by atoms with Crippen molar-refractivity contribution in [3.05, 3.63) is 57.6 Å². The highest BCUT2D eigenvalue weighted by Gasteiger charge is 2.24. The minimum atomic E-state index is -0.167. The minimum absolute atomic E-state index is 0.0255. The third-order valence-corrected chi connectivity index (χ3v) is 5.72. The molecular formula is C29H42N2O2. The van der Waals surface area contributed by atoms with E-state index in [1.165, 1.54) is 5.56 Å². The first-order chi connectivity index (χ1) is 15.0. The number of phenols is 2. The Morgan fingerprint density at radius 3 is 1.48 bits per heavy atom. The number of nitrogens with zero attached hydrogens (tertiary/aromatic N) is 2. The monoisotopic (exact) mass is 450 g/mol. The van der Waals surface area contributed by atoms with Crippen LogP contribution in [0.1, 0.15) is 95.7 Å². The Morgan fingerprint density at radius 1 is 0.636 bits per heavy atom. The Bertz CT molecular complexity index is 1040. The van der Waals surface area contributed by atoms with Gasteiger partial charge in [0.1, 0.15) is 11.5 Å². The highest BCUT2D eigenvalue weighted by atomic mass is 16.3. The summed E-state index contributed by atoms with van der Waals surface area (Å²) in [5.74, 6) is 0.584. The molecule has 33 heavy (non-hydrogen) atoms. The molecule has 0 unspecified atom stereocenters. The maximum atomic E-state index is 10.9. The van der Waals surface area contributed by atoms with Crippen LogP contribution in [-0.4, -0.2) is 35.7 Å². The van der Waals surface area contributed by atoms with Crippen LogP contribution >= 0.6 is 0 Å². The lowest BCUT2D eigenvalue weighted by atomic mass is 9.79. The lowest BCUT2D eigenvalue weighted by Gasteiger charge is -2.26. The second kappa shape index (κ2) is 9.70. The molecule has 180 valence electrons. The highest BCUT2D eigenvalue weighted by Crippen LogP contribution is 2.37. The van der Waals surface area contributed by atoms with Gasteiger partial charge < -0.3 is 10.2 Å². The summed E-state index contributed by atoms with van der Waals surface area (Å²) < 4.78 is 0. The van der Waals surface area contributed by atoms with E-state index in [2.05, 4.69) is 78.4 Å². The van der Waals surface area contributed by atoms with Gasteiger partial charge >= 0.3 is 0 Å². The predicted molar refractivity (Wildman–Crippen MR) is 142 cm³/mol. The molecule has 0 heterocycles. The smallest absolute Gasteiger partial charge is 0.128 e. The molecule has 4 heteroatoms. The van der Waals surface area contributed by atoms with E-state index in [9.17, 15) is 10.2 Å². The van der Waals surface area contributed by atoms with Crippen molar-refractivity contribution in [2.45, 2.75) is 85.5 Å². The molecule has 4 nitrogen and oxygen atoms in total. The van der Waals surface area contributed by atoms with Crippen molar-refractivity contribution in [2.75, 3.05) is 13.1 Å². The highest BCUT2D eigenvalue weighted by molar-refractivity contribution is 5.86. The molecular weight excluding hydrogens is 408 g/mol. The summed E-state index contributed by atoms with van der Waals surface area (Å²) in [5.41, 5.74) is 5.26. The second-order valence-corrected chi connectivity index (χ2v) is 12.0. The van der Waals surface area contributed by atoms with Crippen molar-refractivity contribution in [2.24, 2.45) is 9.98 Å². The molecule has 0 radical (unpaired) electrons. The third kappa shape index (κ3) is 6.93. The summed E-state index contributed by atoms with van der Waals surface area (Å²) in [4.78, 5) is 8.99. The van der Waals surface area contributed by atoms with Gasteiger partial charge in [0.2, 0.25) is 0 Å². The van der Waals surface area contributed by atoms with Crippen molar-refractivity contribution < 1.29 is 10.2 Å². The number of aliphatic imine (C=N–C) groups is 2. The molecule has 0 aliphatic carbocycles. The summed E-state index contributed by atoms with van der Waals surface area (Å²) in [6.07, 6.45) is 3.47.